The number of primary amides is 1. The molecule has 2 rings (SSSR count). The summed E-state index contributed by atoms with van der Waals surface area (Å²) in [6.45, 7) is 1.14. The van der Waals surface area contributed by atoms with Crippen molar-refractivity contribution in [1.82, 2.24) is 0 Å². The molecule has 0 spiro atoms. The Hall–Kier alpha value is -2.82. The van der Waals surface area contributed by atoms with Crippen LogP contribution in [0.15, 0.2) is 54.6 Å². The molecule has 0 aliphatic rings. The number of benzene rings is 2. The normalized spacial score (nSPS) is 11.5. The van der Waals surface area contributed by atoms with E-state index in [1.54, 1.807) is 12.1 Å². The lowest BCUT2D eigenvalue weighted by molar-refractivity contribution is -0.155. The van der Waals surface area contributed by atoms with Crippen LogP contribution in [0.5, 0.6) is 5.75 Å². The molecule has 5 nitrogen and oxygen atoms in total. The molecule has 0 aliphatic carbocycles. The van der Waals surface area contributed by atoms with Crippen LogP contribution in [0.3, 0.4) is 0 Å². The summed E-state index contributed by atoms with van der Waals surface area (Å²) in [7, 11) is 0. The third-order valence-electron chi connectivity index (χ3n) is 3.03. The van der Waals surface area contributed by atoms with E-state index in [-0.39, 0.29) is 6.61 Å². The van der Waals surface area contributed by atoms with Gasteiger partial charge in [0.1, 0.15) is 5.75 Å². The van der Waals surface area contributed by atoms with Gasteiger partial charge in [-0.1, -0.05) is 42.5 Å². The maximum atomic E-state index is 11.5. The van der Waals surface area contributed by atoms with Gasteiger partial charge in [-0.3, -0.25) is 4.79 Å². The largest absolute Gasteiger partial charge is 0.482 e. The van der Waals surface area contributed by atoms with Crippen LogP contribution < -0.4 is 10.5 Å². The Labute approximate surface area is 128 Å². The van der Waals surface area contributed by atoms with Gasteiger partial charge < -0.3 is 15.2 Å². The zero-order chi connectivity index (χ0) is 15.9. The summed E-state index contributed by atoms with van der Waals surface area (Å²) in [5.41, 5.74) is 7.16. The van der Waals surface area contributed by atoms with Gasteiger partial charge in [-0.05, 0) is 30.2 Å². The third kappa shape index (κ3) is 4.34. The van der Waals surface area contributed by atoms with Crippen LogP contribution in [-0.4, -0.2) is 24.6 Å². The molecular weight excluding hydrogens is 282 g/mol. The topological polar surface area (TPSA) is 78.6 Å². The number of nitrogens with two attached hydrogens (primary N) is 1. The Morgan fingerprint density at radius 1 is 1.00 bits per heavy atom. The van der Waals surface area contributed by atoms with Crippen molar-refractivity contribution in [2.75, 3.05) is 6.61 Å². The van der Waals surface area contributed by atoms with Gasteiger partial charge in [0.15, 0.2) is 12.7 Å². The van der Waals surface area contributed by atoms with Crippen LogP contribution >= 0.6 is 0 Å². The maximum Gasteiger partial charge on any atom is 0.344 e. The van der Waals surface area contributed by atoms with Crippen LogP contribution in [0.4, 0.5) is 0 Å². The van der Waals surface area contributed by atoms with Gasteiger partial charge in [0.05, 0.1) is 0 Å². The first-order chi connectivity index (χ1) is 10.6. The third-order valence-corrected chi connectivity index (χ3v) is 3.03. The van der Waals surface area contributed by atoms with Gasteiger partial charge in [0, 0.05) is 0 Å². The second-order valence-electron chi connectivity index (χ2n) is 4.71. The molecular formula is C17H17NO4. The van der Waals surface area contributed by atoms with E-state index < -0.39 is 18.0 Å². The molecule has 2 aromatic rings. The van der Waals surface area contributed by atoms with E-state index in [9.17, 15) is 9.59 Å². The van der Waals surface area contributed by atoms with Crippen molar-refractivity contribution < 1.29 is 19.1 Å². The Morgan fingerprint density at radius 3 is 2.18 bits per heavy atom. The number of hydrogen-bond acceptors (Lipinski definition) is 4. The minimum Gasteiger partial charge on any atom is -0.482 e. The number of rotatable bonds is 6. The average molecular weight is 299 g/mol. The van der Waals surface area contributed by atoms with Gasteiger partial charge in [-0.15, -0.1) is 0 Å². The van der Waals surface area contributed by atoms with Gasteiger partial charge in [-0.2, -0.15) is 0 Å². The van der Waals surface area contributed by atoms with Crippen LogP contribution in [0.25, 0.3) is 11.1 Å². The van der Waals surface area contributed by atoms with Crippen LogP contribution in [0.2, 0.25) is 0 Å². The molecule has 0 saturated heterocycles. The van der Waals surface area contributed by atoms with Crippen LogP contribution in [-0.2, 0) is 14.3 Å². The molecule has 1 atom stereocenters. The predicted molar refractivity (Wildman–Crippen MR) is 82.1 cm³/mol. The highest BCUT2D eigenvalue weighted by Gasteiger charge is 2.14. The molecule has 0 heterocycles. The van der Waals surface area contributed by atoms with Crippen molar-refractivity contribution >= 4 is 11.9 Å². The number of amides is 1. The summed E-state index contributed by atoms with van der Waals surface area (Å²) in [5, 5.41) is 0. The number of carbonyl (C=O) groups is 2. The lowest BCUT2D eigenvalue weighted by atomic mass is 10.1. The molecule has 0 radical (unpaired) electrons. The molecule has 114 valence electrons. The molecule has 0 bridgehead atoms. The summed E-state index contributed by atoms with van der Waals surface area (Å²) in [6, 6.07) is 17.3. The smallest absolute Gasteiger partial charge is 0.344 e. The first kappa shape index (κ1) is 15.6. The monoisotopic (exact) mass is 299 g/mol. The quantitative estimate of drug-likeness (QED) is 0.829. The number of esters is 1. The van der Waals surface area contributed by atoms with E-state index in [1.165, 1.54) is 6.92 Å². The maximum absolute atomic E-state index is 11.5. The van der Waals surface area contributed by atoms with Crippen LogP contribution in [0.1, 0.15) is 6.92 Å². The van der Waals surface area contributed by atoms with E-state index in [1.807, 2.05) is 42.5 Å². The summed E-state index contributed by atoms with van der Waals surface area (Å²) < 4.78 is 10.1. The molecule has 2 aromatic carbocycles. The first-order valence-corrected chi connectivity index (χ1v) is 6.83. The molecule has 0 saturated carbocycles. The SMILES string of the molecule is C[C@@H](OC(=O)COc1ccc(-c2ccccc2)cc1)C(N)=O. The minimum absolute atomic E-state index is 0.275. The zero-order valence-corrected chi connectivity index (χ0v) is 12.2. The van der Waals surface area contributed by atoms with E-state index in [4.69, 9.17) is 15.2 Å². The molecule has 0 fully saturated rings. The van der Waals surface area contributed by atoms with Crippen molar-refractivity contribution in [2.45, 2.75) is 13.0 Å². The predicted octanol–water partition coefficient (Wildman–Crippen LogP) is 2.15. The summed E-state index contributed by atoms with van der Waals surface area (Å²) in [4.78, 5) is 22.3. The molecule has 0 aliphatic heterocycles. The Bertz CT molecular complexity index is 637. The van der Waals surface area contributed by atoms with Crippen LogP contribution in [0, 0.1) is 0 Å². The highest BCUT2D eigenvalue weighted by molar-refractivity contribution is 5.82. The Balaban J connectivity index is 1.89. The summed E-state index contributed by atoms with van der Waals surface area (Å²) in [5.74, 6) is -0.789. The second kappa shape index (κ2) is 7.26. The Kier molecular flexibility index (Phi) is 5.14. The minimum atomic E-state index is -0.962. The molecule has 2 N–H and O–H groups in total. The molecule has 0 aromatic heterocycles. The van der Waals surface area contributed by atoms with E-state index in [0.29, 0.717) is 5.75 Å². The van der Waals surface area contributed by atoms with E-state index >= 15 is 0 Å². The van der Waals surface area contributed by atoms with Gasteiger partial charge >= 0.3 is 5.97 Å². The van der Waals surface area contributed by atoms with Gasteiger partial charge in [0.25, 0.3) is 5.91 Å². The van der Waals surface area contributed by atoms with Crippen molar-refractivity contribution in [3.8, 4) is 16.9 Å². The first-order valence-electron chi connectivity index (χ1n) is 6.83. The van der Waals surface area contributed by atoms with Gasteiger partial charge in [-0.25, -0.2) is 4.79 Å². The second-order valence-corrected chi connectivity index (χ2v) is 4.71. The average Bonchev–Trinajstić information content (AvgIpc) is 2.54. The summed E-state index contributed by atoms with van der Waals surface area (Å²) >= 11 is 0. The standard InChI is InChI=1S/C17H17NO4/c1-12(17(18)20)22-16(19)11-21-15-9-7-14(8-10-15)13-5-3-2-4-6-13/h2-10,12H,11H2,1H3,(H2,18,20)/t12-/m1/s1. The van der Waals surface area contributed by atoms with E-state index in [0.717, 1.165) is 11.1 Å². The van der Waals surface area contributed by atoms with Crippen molar-refractivity contribution in [2.24, 2.45) is 5.73 Å². The number of hydrogen-bond donors (Lipinski definition) is 1. The molecule has 1 amide bonds. The highest BCUT2D eigenvalue weighted by Crippen LogP contribution is 2.21. The van der Waals surface area contributed by atoms with Crippen molar-refractivity contribution in [1.29, 1.82) is 0 Å². The fourth-order valence-corrected chi connectivity index (χ4v) is 1.81. The van der Waals surface area contributed by atoms with Crippen molar-refractivity contribution in [3.05, 3.63) is 54.6 Å². The van der Waals surface area contributed by atoms with Gasteiger partial charge in [0.2, 0.25) is 0 Å². The Morgan fingerprint density at radius 2 is 1.59 bits per heavy atom. The van der Waals surface area contributed by atoms with Crippen molar-refractivity contribution in [3.63, 3.8) is 0 Å². The molecule has 0 unspecified atom stereocenters. The molecule has 5 heteroatoms. The lowest BCUT2D eigenvalue weighted by Gasteiger charge is -2.10. The van der Waals surface area contributed by atoms with E-state index in [2.05, 4.69) is 0 Å². The zero-order valence-electron chi connectivity index (χ0n) is 12.2. The fraction of sp³-hybridized carbons (Fsp3) is 0.176. The fourth-order valence-electron chi connectivity index (χ4n) is 1.81. The summed E-state index contributed by atoms with van der Waals surface area (Å²) in [6.07, 6.45) is -0.962. The molecule has 22 heavy (non-hydrogen) atoms. The lowest BCUT2D eigenvalue weighted by Crippen LogP contribution is -2.32. The number of carbonyl (C=O) groups excluding carboxylic acids is 2. The highest BCUT2D eigenvalue weighted by atomic mass is 16.6. The number of ether oxygens (including phenoxy) is 2.